The summed E-state index contributed by atoms with van der Waals surface area (Å²) in [6.07, 6.45) is 6.07. The van der Waals surface area contributed by atoms with Gasteiger partial charge in [-0.05, 0) is 42.8 Å². The quantitative estimate of drug-likeness (QED) is 0.856. The zero-order valence-corrected chi connectivity index (χ0v) is 14.7. The van der Waals surface area contributed by atoms with Crippen LogP contribution in [0.5, 0.6) is 0 Å². The van der Waals surface area contributed by atoms with Crippen LogP contribution in [0.15, 0.2) is 4.34 Å². The van der Waals surface area contributed by atoms with Gasteiger partial charge in [-0.3, -0.25) is 0 Å². The van der Waals surface area contributed by atoms with Gasteiger partial charge in [0.15, 0.2) is 4.34 Å². The summed E-state index contributed by atoms with van der Waals surface area (Å²) in [4.78, 5) is 4.63. The summed E-state index contributed by atoms with van der Waals surface area (Å²) in [7, 11) is 0. The third-order valence-corrected chi connectivity index (χ3v) is 6.32. The number of hydrogen-bond acceptors (Lipinski definition) is 5. The van der Waals surface area contributed by atoms with Crippen molar-refractivity contribution in [2.24, 2.45) is 5.41 Å². The monoisotopic (exact) mass is 313 g/mol. The van der Waals surface area contributed by atoms with Gasteiger partial charge in [0.05, 0.1) is 0 Å². The first kappa shape index (κ1) is 16.2. The molecule has 1 aromatic heterocycles. The molecular formula is C15H27N3S2. The minimum atomic E-state index is 0.378. The highest BCUT2D eigenvalue weighted by atomic mass is 32.2. The van der Waals surface area contributed by atoms with E-state index in [9.17, 15) is 0 Å². The Bertz CT molecular complexity index is 417. The number of rotatable bonds is 6. The van der Waals surface area contributed by atoms with E-state index in [1.165, 1.54) is 25.7 Å². The zero-order valence-electron chi connectivity index (χ0n) is 13.1. The molecule has 1 aliphatic rings. The number of nitrogens with one attached hydrogen (secondary N) is 1. The minimum Gasteiger partial charge on any atom is -0.312 e. The average Bonchev–Trinajstić information content (AvgIpc) is 2.85. The number of aromatic nitrogens is 2. The highest BCUT2D eigenvalue weighted by Crippen LogP contribution is 2.43. The lowest BCUT2D eigenvalue weighted by Gasteiger charge is -2.44. The van der Waals surface area contributed by atoms with Crippen LogP contribution < -0.4 is 5.32 Å². The van der Waals surface area contributed by atoms with Crippen molar-refractivity contribution in [1.29, 1.82) is 0 Å². The molecule has 1 N–H and O–H groups in total. The second kappa shape index (κ2) is 7.23. The molecule has 0 amide bonds. The summed E-state index contributed by atoms with van der Waals surface area (Å²) in [6, 6.07) is 0.579. The third-order valence-electron chi connectivity index (χ3n) is 4.16. The van der Waals surface area contributed by atoms with Crippen LogP contribution in [-0.4, -0.2) is 27.2 Å². The predicted octanol–water partition coefficient (Wildman–Crippen LogP) is 4.14. The molecule has 2 atom stereocenters. The van der Waals surface area contributed by atoms with E-state index in [2.05, 4.69) is 42.4 Å². The normalized spacial score (nSPS) is 25.8. The maximum Gasteiger partial charge on any atom is 0.170 e. The maximum atomic E-state index is 4.63. The smallest absolute Gasteiger partial charge is 0.170 e. The fourth-order valence-corrected chi connectivity index (χ4v) is 5.43. The molecule has 1 saturated carbocycles. The Morgan fingerprint density at radius 1 is 1.40 bits per heavy atom. The van der Waals surface area contributed by atoms with Gasteiger partial charge in [-0.2, -0.15) is 4.37 Å². The van der Waals surface area contributed by atoms with E-state index in [0.717, 1.165) is 23.1 Å². The number of nitrogens with zero attached hydrogens (tertiary/aromatic N) is 2. The van der Waals surface area contributed by atoms with Gasteiger partial charge in [-0.15, -0.1) is 0 Å². The number of aryl methyl sites for hydroxylation is 1. The molecule has 5 heteroatoms. The molecule has 1 aromatic rings. The highest BCUT2D eigenvalue weighted by Gasteiger charge is 2.39. The molecule has 114 valence electrons. The van der Waals surface area contributed by atoms with Gasteiger partial charge < -0.3 is 5.32 Å². The van der Waals surface area contributed by atoms with Crippen molar-refractivity contribution in [2.45, 2.75) is 75.4 Å². The van der Waals surface area contributed by atoms with Gasteiger partial charge in [-0.25, -0.2) is 4.98 Å². The summed E-state index contributed by atoms with van der Waals surface area (Å²) in [5, 5.41) is 4.42. The van der Waals surface area contributed by atoms with E-state index in [-0.39, 0.29) is 0 Å². The van der Waals surface area contributed by atoms with E-state index in [4.69, 9.17) is 0 Å². The molecule has 0 saturated heterocycles. The van der Waals surface area contributed by atoms with Crippen LogP contribution in [0.4, 0.5) is 0 Å². The van der Waals surface area contributed by atoms with Crippen molar-refractivity contribution in [2.75, 3.05) is 6.54 Å². The van der Waals surface area contributed by atoms with E-state index >= 15 is 0 Å². The van der Waals surface area contributed by atoms with Gasteiger partial charge >= 0.3 is 0 Å². The van der Waals surface area contributed by atoms with Crippen LogP contribution in [0.25, 0.3) is 0 Å². The molecule has 2 unspecified atom stereocenters. The lowest BCUT2D eigenvalue weighted by atomic mass is 9.73. The Balaban J connectivity index is 2.06. The van der Waals surface area contributed by atoms with Crippen LogP contribution in [0.2, 0.25) is 0 Å². The molecule has 0 bridgehead atoms. The fourth-order valence-electron chi connectivity index (χ4n) is 2.98. The predicted molar refractivity (Wildman–Crippen MR) is 88.6 cm³/mol. The van der Waals surface area contributed by atoms with Crippen molar-refractivity contribution < 1.29 is 0 Å². The van der Waals surface area contributed by atoms with Crippen LogP contribution in [-0.2, 0) is 6.42 Å². The summed E-state index contributed by atoms with van der Waals surface area (Å²) in [5.41, 5.74) is 0.378. The van der Waals surface area contributed by atoms with Gasteiger partial charge in [-0.1, -0.05) is 45.9 Å². The molecule has 1 aliphatic carbocycles. The van der Waals surface area contributed by atoms with E-state index < -0.39 is 0 Å². The van der Waals surface area contributed by atoms with Crippen LogP contribution in [0.1, 0.15) is 59.2 Å². The van der Waals surface area contributed by atoms with Gasteiger partial charge in [0.2, 0.25) is 0 Å². The molecule has 0 radical (unpaired) electrons. The highest BCUT2D eigenvalue weighted by molar-refractivity contribution is 8.01. The molecule has 0 aromatic carbocycles. The van der Waals surface area contributed by atoms with E-state index in [1.54, 1.807) is 11.5 Å². The van der Waals surface area contributed by atoms with Crippen LogP contribution in [0.3, 0.4) is 0 Å². The summed E-state index contributed by atoms with van der Waals surface area (Å²) < 4.78 is 5.56. The lowest BCUT2D eigenvalue weighted by Crippen LogP contribution is -2.51. The van der Waals surface area contributed by atoms with Crippen molar-refractivity contribution in [3.63, 3.8) is 0 Å². The van der Waals surface area contributed by atoms with Crippen LogP contribution in [0, 0.1) is 5.41 Å². The standard InChI is InChI=1S/C15H27N3S2/c1-5-10-16-13-11(8-7-9-15(13,3)4)19-14-17-12(6-2)18-20-14/h11,13,16H,5-10H2,1-4H3. The first-order chi connectivity index (χ1) is 9.56. The van der Waals surface area contributed by atoms with Gasteiger partial charge in [0.25, 0.3) is 0 Å². The average molecular weight is 314 g/mol. The van der Waals surface area contributed by atoms with Gasteiger partial charge in [0.1, 0.15) is 5.82 Å². The second-order valence-electron chi connectivity index (χ2n) is 6.30. The largest absolute Gasteiger partial charge is 0.312 e. The Kier molecular flexibility index (Phi) is 5.87. The first-order valence-electron chi connectivity index (χ1n) is 7.79. The summed E-state index contributed by atoms with van der Waals surface area (Å²) in [5.74, 6) is 0.991. The molecule has 0 spiro atoms. The van der Waals surface area contributed by atoms with Crippen molar-refractivity contribution in [3.05, 3.63) is 5.82 Å². The Morgan fingerprint density at radius 3 is 2.85 bits per heavy atom. The Hall–Kier alpha value is -0.130. The fraction of sp³-hybridized carbons (Fsp3) is 0.867. The molecule has 20 heavy (non-hydrogen) atoms. The number of hydrogen-bond donors (Lipinski definition) is 1. The maximum absolute atomic E-state index is 4.63. The molecular weight excluding hydrogens is 286 g/mol. The molecule has 2 rings (SSSR count). The second-order valence-corrected chi connectivity index (χ2v) is 8.54. The van der Waals surface area contributed by atoms with Crippen molar-refractivity contribution >= 4 is 23.3 Å². The van der Waals surface area contributed by atoms with E-state index in [0.29, 0.717) is 16.7 Å². The third kappa shape index (κ3) is 3.95. The summed E-state index contributed by atoms with van der Waals surface area (Å²) in [6.45, 7) is 10.3. The van der Waals surface area contributed by atoms with Crippen molar-refractivity contribution in [1.82, 2.24) is 14.7 Å². The minimum absolute atomic E-state index is 0.378. The lowest BCUT2D eigenvalue weighted by molar-refractivity contribution is 0.175. The SMILES string of the molecule is CCCNC1C(Sc2nc(CC)ns2)CCCC1(C)C. The number of thioether (sulfide) groups is 1. The van der Waals surface area contributed by atoms with Crippen molar-refractivity contribution in [3.8, 4) is 0 Å². The molecule has 1 heterocycles. The van der Waals surface area contributed by atoms with E-state index in [1.807, 2.05) is 11.8 Å². The topological polar surface area (TPSA) is 37.8 Å². The molecule has 3 nitrogen and oxygen atoms in total. The molecule has 0 aliphatic heterocycles. The summed E-state index contributed by atoms with van der Waals surface area (Å²) >= 11 is 3.51. The first-order valence-corrected chi connectivity index (χ1v) is 9.44. The van der Waals surface area contributed by atoms with Crippen LogP contribution >= 0.6 is 23.3 Å². The molecule has 1 fully saturated rings. The van der Waals surface area contributed by atoms with Gasteiger partial charge in [0, 0.05) is 17.7 Å². The Morgan fingerprint density at radius 2 is 2.20 bits per heavy atom. The Labute approximate surface area is 131 Å². The zero-order chi connectivity index (χ0) is 14.6.